The van der Waals surface area contributed by atoms with Gasteiger partial charge in [0.25, 0.3) is 5.56 Å². The second-order valence-corrected chi connectivity index (χ2v) is 13.1. The maximum Gasteiger partial charge on any atom is 0.262 e. The SMILES string of the molecule is COc1nc(-c2cccc(-c3cccc(-c4ccn5c(=O)c(CN6CCCC6)cnc5c4)c3Cl)c2Cl)ccc1CNC[C@@H]1CCC(=O)N1. The number of likely N-dealkylation sites (tertiary alicyclic amines) is 1. The topological polar surface area (TPSA) is 101 Å². The van der Waals surface area contributed by atoms with E-state index in [-0.39, 0.29) is 17.5 Å². The van der Waals surface area contributed by atoms with Gasteiger partial charge >= 0.3 is 0 Å². The molecule has 0 spiro atoms. The molecule has 2 aromatic carbocycles. The summed E-state index contributed by atoms with van der Waals surface area (Å²) in [5, 5.41) is 7.43. The number of carbonyl (C=O) groups is 1. The number of ether oxygens (including phenoxy) is 1. The van der Waals surface area contributed by atoms with Gasteiger partial charge in [0, 0.05) is 72.3 Å². The molecule has 5 heterocycles. The van der Waals surface area contributed by atoms with Gasteiger partial charge < -0.3 is 15.4 Å². The third-order valence-corrected chi connectivity index (χ3v) is 9.99. The van der Waals surface area contributed by atoms with Crippen LogP contribution in [0.5, 0.6) is 5.88 Å². The number of benzene rings is 2. The van der Waals surface area contributed by atoms with Crippen molar-refractivity contribution in [1.82, 2.24) is 29.9 Å². The molecule has 2 aliphatic rings. The Morgan fingerprint density at radius 3 is 2.40 bits per heavy atom. The highest BCUT2D eigenvalue weighted by molar-refractivity contribution is 6.39. The molecular weight excluding hydrogens is 647 g/mol. The summed E-state index contributed by atoms with van der Waals surface area (Å²) in [6.07, 6.45) is 7.22. The molecule has 2 saturated heterocycles. The Balaban J connectivity index is 1.15. The first-order chi connectivity index (χ1) is 23.4. The fourth-order valence-corrected chi connectivity index (χ4v) is 7.28. The van der Waals surface area contributed by atoms with E-state index in [0.29, 0.717) is 58.9 Å². The molecule has 2 fully saturated rings. The van der Waals surface area contributed by atoms with Crippen molar-refractivity contribution in [2.75, 3.05) is 26.7 Å². The van der Waals surface area contributed by atoms with Gasteiger partial charge in [-0.15, -0.1) is 0 Å². The van der Waals surface area contributed by atoms with E-state index in [2.05, 4.69) is 20.5 Å². The molecule has 0 aliphatic carbocycles. The molecular formula is C37H36Cl2N6O3. The van der Waals surface area contributed by atoms with E-state index in [0.717, 1.165) is 52.9 Å². The first kappa shape index (κ1) is 32.3. The van der Waals surface area contributed by atoms with Crippen molar-refractivity contribution in [3.8, 4) is 39.4 Å². The number of methoxy groups -OCH3 is 1. The van der Waals surface area contributed by atoms with E-state index in [9.17, 15) is 9.59 Å². The molecule has 0 bridgehead atoms. The Bertz CT molecular complexity index is 2060. The van der Waals surface area contributed by atoms with Gasteiger partial charge in [0.2, 0.25) is 11.8 Å². The van der Waals surface area contributed by atoms with Crippen LogP contribution >= 0.6 is 23.2 Å². The zero-order valence-corrected chi connectivity index (χ0v) is 28.2. The van der Waals surface area contributed by atoms with E-state index in [1.807, 2.05) is 60.7 Å². The standard InChI is InChI=1S/C37H36Cl2N6O3/c1-48-36-24(19-40-21-26-11-13-33(46)42-26)10-12-31(43-36)30-9-5-8-29(35(30)39)28-7-4-6-27(34(28)38)23-14-17-45-32(18-23)41-20-25(37(45)47)22-44-15-2-3-16-44/h4-10,12,14,17-18,20,26,40H,2-3,11,13,15-16,19,21-22H2,1H3,(H,42,46)/t26-/m0/s1. The second kappa shape index (κ2) is 14.1. The van der Waals surface area contributed by atoms with Gasteiger partial charge in [0.05, 0.1) is 28.4 Å². The lowest BCUT2D eigenvalue weighted by Crippen LogP contribution is -2.35. The summed E-state index contributed by atoms with van der Waals surface area (Å²) >= 11 is 14.2. The van der Waals surface area contributed by atoms with Crippen LogP contribution in [0.15, 0.2) is 77.9 Å². The van der Waals surface area contributed by atoms with Gasteiger partial charge in [0.15, 0.2) is 0 Å². The summed E-state index contributed by atoms with van der Waals surface area (Å²) in [7, 11) is 1.60. The van der Waals surface area contributed by atoms with Crippen LogP contribution in [0.2, 0.25) is 10.0 Å². The lowest BCUT2D eigenvalue weighted by molar-refractivity contribution is -0.119. The predicted octanol–water partition coefficient (Wildman–Crippen LogP) is 6.37. The molecule has 5 aromatic rings. The molecule has 2 aliphatic heterocycles. The minimum absolute atomic E-state index is 0.0458. The number of nitrogens with zero attached hydrogens (tertiary/aromatic N) is 4. The summed E-state index contributed by atoms with van der Waals surface area (Å²) in [6.45, 7) is 3.88. The van der Waals surface area contributed by atoms with Crippen LogP contribution < -0.4 is 20.9 Å². The van der Waals surface area contributed by atoms with E-state index in [4.69, 9.17) is 32.9 Å². The molecule has 1 amide bonds. The van der Waals surface area contributed by atoms with E-state index in [1.165, 1.54) is 12.8 Å². The van der Waals surface area contributed by atoms with Crippen molar-refractivity contribution in [3.63, 3.8) is 0 Å². The van der Waals surface area contributed by atoms with Gasteiger partial charge in [0.1, 0.15) is 5.65 Å². The lowest BCUT2D eigenvalue weighted by Gasteiger charge is -2.16. The van der Waals surface area contributed by atoms with E-state index >= 15 is 0 Å². The Hall–Kier alpha value is -4.28. The minimum atomic E-state index is -0.0458. The first-order valence-electron chi connectivity index (χ1n) is 16.2. The highest BCUT2D eigenvalue weighted by Crippen LogP contribution is 2.42. The molecule has 48 heavy (non-hydrogen) atoms. The molecule has 0 saturated carbocycles. The van der Waals surface area contributed by atoms with Gasteiger partial charge in [-0.3, -0.25) is 18.9 Å². The monoisotopic (exact) mass is 682 g/mol. The Morgan fingerprint density at radius 1 is 0.938 bits per heavy atom. The second-order valence-electron chi connectivity index (χ2n) is 12.3. The molecule has 2 N–H and O–H groups in total. The van der Waals surface area contributed by atoms with Crippen molar-refractivity contribution in [2.45, 2.75) is 44.8 Å². The van der Waals surface area contributed by atoms with Crippen LogP contribution in [0, 0.1) is 0 Å². The quantitative estimate of drug-likeness (QED) is 0.177. The molecule has 1 atom stereocenters. The molecule has 0 unspecified atom stereocenters. The third kappa shape index (κ3) is 6.56. The molecule has 3 aromatic heterocycles. The maximum atomic E-state index is 13.2. The number of hydrogen-bond acceptors (Lipinski definition) is 7. The predicted molar refractivity (Wildman–Crippen MR) is 190 cm³/mol. The van der Waals surface area contributed by atoms with Crippen LogP contribution in [-0.4, -0.2) is 58.0 Å². The number of fused-ring (bicyclic) bond motifs is 1. The van der Waals surface area contributed by atoms with Gasteiger partial charge in [-0.05, 0) is 56.1 Å². The largest absolute Gasteiger partial charge is 0.481 e. The number of hydrogen-bond donors (Lipinski definition) is 2. The molecule has 0 radical (unpaired) electrons. The molecule has 11 heteroatoms. The van der Waals surface area contributed by atoms with E-state index in [1.54, 1.807) is 23.9 Å². The highest BCUT2D eigenvalue weighted by atomic mass is 35.5. The summed E-state index contributed by atoms with van der Waals surface area (Å²) in [4.78, 5) is 36.5. The average Bonchev–Trinajstić information content (AvgIpc) is 3.78. The van der Waals surface area contributed by atoms with Crippen molar-refractivity contribution < 1.29 is 9.53 Å². The fraction of sp³-hybridized carbons (Fsp3) is 0.297. The van der Waals surface area contributed by atoms with Gasteiger partial charge in [-0.1, -0.05) is 65.7 Å². The summed E-state index contributed by atoms with van der Waals surface area (Å²) in [5.74, 6) is 0.604. The van der Waals surface area contributed by atoms with Crippen LogP contribution in [0.3, 0.4) is 0 Å². The molecule has 9 nitrogen and oxygen atoms in total. The number of halogens is 2. The third-order valence-electron chi connectivity index (χ3n) is 9.17. The number of nitrogens with one attached hydrogen (secondary N) is 2. The number of rotatable bonds is 10. The first-order valence-corrected chi connectivity index (χ1v) is 17.0. The highest BCUT2D eigenvalue weighted by Gasteiger charge is 2.21. The van der Waals surface area contributed by atoms with E-state index < -0.39 is 0 Å². The van der Waals surface area contributed by atoms with Crippen molar-refractivity contribution >= 4 is 34.8 Å². The number of amides is 1. The fourth-order valence-electron chi connectivity index (χ4n) is 6.61. The van der Waals surface area contributed by atoms with Crippen molar-refractivity contribution in [3.05, 3.63) is 105 Å². The summed E-state index contributed by atoms with van der Waals surface area (Å²) < 4.78 is 7.25. The van der Waals surface area contributed by atoms with Crippen LogP contribution in [-0.2, 0) is 17.9 Å². The summed E-state index contributed by atoms with van der Waals surface area (Å²) in [5.41, 5.74) is 6.75. The van der Waals surface area contributed by atoms with Gasteiger partial charge in [-0.25, -0.2) is 9.97 Å². The Morgan fingerprint density at radius 2 is 1.67 bits per heavy atom. The van der Waals surface area contributed by atoms with Crippen molar-refractivity contribution in [1.29, 1.82) is 0 Å². The molecule has 246 valence electrons. The Labute approximate surface area is 288 Å². The zero-order chi connectivity index (χ0) is 33.2. The number of pyridine rings is 2. The van der Waals surface area contributed by atoms with Gasteiger partial charge in [-0.2, -0.15) is 0 Å². The van der Waals surface area contributed by atoms with Crippen LogP contribution in [0.1, 0.15) is 36.8 Å². The summed E-state index contributed by atoms with van der Waals surface area (Å²) in [6, 6.07) is 19.5. The van der Waals surface area contributed by atoms with Crippen molar-refractivity contribution in [2.24, 2.45) is 0 Å². The minimum Gasteiger partial charge on any atom is -0.481 e. The number of aromatic nitrogens is 3. The van der Waals surface area contributed by atoms with Crippen LogP contribution in [0.25, 0.3) is 39.2 Å². The number of carbonyl (C=O) groups excluding carboxylic acids is 1. The average molecular weight is 684 g/mol. The molecule has 7 rings (SSSR count). The van der Waals surface area contributed by atoms with Crippen LogP contribution in [0.4, 0.5) is 0 Å². The zero-order valence-electron chi connectivity index (χ0n) is 26.6. The Kier molecular flexibility index (Phi) is 9.45. The maximum absolute atomic E-state index is 13.2. The normalized spacial score (nSPS) is 16.5. The lowest BCUT2D eigenvalue weighted by atomic mass is 9.97. The smallest absolute Gasteiger partial charge is 0.262 e.